The normalized spacial score (nSPS) is 12.3. The van der Waals surface area contributed by atoms with E-state index in [-0.39, 0.29) is 16.4 Å². The van der Waals surface area contributed by atoms with Crippen molar-refractivity contribution in [3.8, 4) is 5.75 Å². The number of aryl methyl sites for hydroxylation is 2. The average Bonchev–Trinajstić information content (AvgIpc) is 2.42. The topological polar surface area (TPSA) is 9.23 Å². The van der Waals surface area contributed by atoms with E-state index < -0.39 is 0 Å². The molecule has 2 aromatic carbocycles. The van der Waals surface area contributed by atoms with E-state index in [2.05, 4.69) is 15.9 Å². The van der Waals surface area contributed by atoms with Crippen molar-refractivity contribution in [1.82, 2.24) is 0 Å². The van der Waals surface area contributed by atoms with Gasteiger partial charge in [0.1, 0.15) is 0 Å². The lowest BCUT2D eigenvalue weighted by Gasteiger charge is -2.16. The van der Waals surface area contributed by atoms with Crippen LogP contribution in [0.3, 0.4) is 0 Å². The third-order valence-corrected chi connectivity index (χ3v) is 4.72. The largest absolute Gasteiger partial charge is 0.494 e. The molecular weight excluding hydrogens is 343 g/mol. The van der Waals surface area contributed by atoms with E-state index in [9.17, 15) is 4.39 Å². The summed E-state index contributed by atoms with van der Waals surface area (Å²) in [6.07, 6.45) is 0. The lowest BCUT2D eigenvalue weighted by Crippen LogP contribution is -1.99. The van der Waals surface area contributed by atoms with Crippen LogP contribution in [0.2, 0.25) is 5.02 Å². The van der Waals surface area contributed by atoms with Crippen LogP contribution in [0.4, 0.5) is 4.39 Å². The standard InChI is InChI=1S/C16H15BrClFO/c1-9-7-13(18)10(2)6-12(9)16(17)11-4-5-14(19)15(8-11)20-3/h4-8,16H,1-3H3. The van der Waals surface area contributed by atoms with Crippen LogP contribution in [0, 0.1) is 19.7 Å². The molecule has 20 heavy (non-hydrogen) atoms. The lowest BCUT2D eigenvalue weighted by atomic mass is 9.98. The molecule has 1 unspecified atom stereocenters. The highest BCUT2D eigenvalue weighted by Gasteiger charge is 2.16. The predicted octanol–water partition coefficient (Wildman–Crippen LogP) is 5.59. The van der Waals surface area contributed by atoms with Gasteiger partial charge in [-0.15, -0.1) is 0 Å². The Morgan fingerprint density at radius 3 is 2.50 bits per heavy atom. The SMILES string of the molecule is COc1cc(C(Br)c2cc(C)c(Cl)cc2C)ccc1F. The van der Waals surface area contributed by atoms with Gasteiger partial charge >= 0.3 is 0 Å². The van der Waals surface area contributed by atoms with Crippen LogP contribution in [-0.4, -0.2) is 7.11 Å². The molecule has 0 N–H and O–H groups in total. The molecule has 0 aliphatic rings. The summed E-state index contributed by atoms with van der Waals surface area (Å²) < 4.78 is 18.5. The minimum absolute atomic E-state index is 0.0343. The second-order valence-electron chi connectivity index (χ2n) is 4.71. The molecule has 0 aliphatic carbocycles. The van der Waals surface area contributed by atoms with Crippen LogP contribution in [0.15, 0.2) is 30.3 Å². The highest BCUT2D eigenvalue weighted by Crippen LogP contribution is 2.36. The summed E-state index contributed by atoms with van der Waals surface area (Å²) in [4.78, 5) is -0.0343. The smallest absolute Gasteiger partial charge is 0.165 e. The van der Waals surface area contributed by atoms with Gasteiger partial charge in [-0.25, -0.2) is 4.39 Å². The molecule has 2 aromatic rings. The zero-order valence-electron chi connectivity index (χ0n) is 11.5. The summed E-state index contributed by atoms with van der Waals surface area (Å²) in [5.41, 5.74) is 4.16. The molecule has 0 amide bonds. The Bertz CT molecular complexity index is 643. The summed E-state index contributed by atoms with van der Waals surface area (Å²) >= 11 is 9.79. The molecule has 0 radical (unpaired) electrons. The molecule has 0 saturated heterocycles. The van der Waals surface area contributed by atoms with Crippen molar-refractivity contribution in [2.24, 2.45) is 0 Å². The zero-order chi connectivity index (χ0) is 14.9. The van der Waals surface area contributed by atoms with Gasteiger partial charge in [0, 0.05) is 5.02 Å². The maximum absolute atomic E-state index is 13.5. The number of ether oxygens (including phenoxy) is 1. The molecular formula is C16H15BrClFO. The minimum Gasteiger partial charge on any atom is -0.494 e. The summed E-state index contributed by atoms with van der Waals surface area (Å²) in [5.74, 6) is -0.116. The molecule has 0 saturated carbocycles. The number of alkyl halides is 1. The van der Waals surface area contributed by atoms with Gasteiger partial charge in [0.15, 0.2) is 11.6 Å². The zero-order valence-corrected chi connectivity index (χ0v) is 13.8. The Labute approximate surface area is 131 Å². The lowest BCUT2D eigenvalue weighted by molar-refractivity contribution is 0.386. The van der Waals surface area contributed by atoms with Gasteiger partial charge in [0.05, 0.1) is 11.9 Å². The van der Waals surface area contributed by atoms with E-state index in [0.29, 0.717) is 0 Å². The molecule has 0 fully saturated rings. The molecule has 4 heteroatoms. The van der Waals surface area contributed by atoms with Crippen LogP contribution in [0.5, 0.6) is 5.75 Å². The first-order valence-corrected chi connectivity index (χ1v) is 7.47. The highest BCUT2D eigenvalue weighted by atomic mass is 79.9. The van der Waals surface area contributed by atoms with Crippen molar-refractivity contribution >= 4 is 27.5 Å². The second-order valence-corrected chi connectivity index (χ2v) is 6.04. The summed E-state index contributed by atoms with van der Waals surface area (Å²) in [6, 6.07) is 8.87. The van der Waals surface area contributed by atoms with E-state index >= 15 is 0 Å². The van der Waals surface area contributed by atoms with Crippen LogP contribution < -0.4 is 4.74 Å². The number of halogens is 3. The Hall–Kier alpha value is -1.06. The average molecular weight is 358 g/mol. The molecule has 0 aromatic heterocycles. The molecule has 0 bridgehead atoms. The van der Waals surface area contributed by atoms with Crippen molar-refractivity contribution in [2.75, 3.05) is 7.11 Å². The van der Waals surface area contributed by atoms with Gasteiger partial charge in [-0.3, -0.25) is 0 Å². The molecule has 1 nitrogen and oxygen atoms in total. The first-order valence-electron chi connectivity index (χ1n) is 6.18. The molecule has 1 atom stereocenters. The number of hydrogen-bond acceptors (Lipinski definition) is 1. The van der Waals surface area contributed by atoms with E-state index in [4.69, 9.17) is 16.3 Å². The number of methoxy groups -OCH3 is 1. The first kappa shape index (κ1) is 15.3. The number of hydrogen-bond donors (Lipinski definition) is 0. The Morgan fingerprint density at radius 2 is 1.85 bits per heavy atom. The second kappa shape index (κ2) is 6.15. The van der Waals surface area contributed by atoms with Crippen molar-refractivity contribution in [3.63, 3.8) is 0 Å². The Morgan fingerprint density at radius 1 is 1.15 bits per heavy atom. The van der Waals surface area contributed by atoms with Gasteiger partial charge in [-0.1, -0.05) is 39.7 Å². The van der Waals surface area contributed by atoms with Gasteiger partial charge < -0.3 is 4.74 Å². The van der Waals surface area contributed by atoms with Crippen molar-refractivity contribution < 1.29 is 9.13 Å². The molecule has 0 aliphatic heterocycles. The van der Waals surface area contributed by atoms with E-state index in [1.165, 1.54) is 13.2 Å². The monoisotopic (exact) mass is 356 g/mol. The first-order chi connectivity index (χ1) is 9.43. The fourth-order valence-electron chi connectivity index (χ4n) is 2.09. The van der Waals surface area contributed by atoms with E-state index in [1.54, 1.807) is 12.1 Å². The number of rotatable bonds is 3. The van der Waals surface area contributed by atoms with E-state index in [0.717, 1.165) is 27.3 Å². The molecule has 0 spiro atoms. The van der Waals surface area contributed by atoms with Crippen LogP contribution in [0.1, 0.15) is 27.1 Å². The maximum atomic E-state index is 13.5. The molecule has 0 heterocycles. The summed E-state index contributed by atoms with van der Waals surface area (Å²) in [5, 5.41) is 0.752. The van der Waals surface area contributed by atoms with Gasteiger partial charge in [-0.05, 0) is 54.3 Å². The third kappa shape index (κ3) is 2.99. The quantitative estimate of drug-likeness (QED) is 0.651. The van der Waals surface area contributed by atoms with Crippen LogP contribution >= 0.6 is 27.5 Å². The Kier molecular flexibility index (Phi) is 4.71. The maximum Gasteiger partial charge on any atom is 0.165 e. The van der Waals surface area contributed by atoms with Crippen molar-refractivity contribution in [2.45, 2.75) is 18.7 Å². The fourth-order valence-corrected chi connectivity index (χ4v) is 3.09. The minimum atomic E-state index is -0.361. The van der Waals surface area contributed by atoms with Gasteiger partial charge in [-0.2, -0.15) is 0 Å². The third-order valence-electron chi connectivity index (χ3n) is 3.29. The fraction of sp³-hybridized carbons (Fsp3) is 0.250. The summed E-state index contributed by atoms with van der Waals surface area (Å²) in [6.45, 7) is 3.98. The molecule has 106 valence electrons. The van der Waals surface area contributed by atoms with Crippen molar-refractivity contribution in [3.05, 3.63) is 63.4 Å². The number of benzene rings is 2. The van der Waals surface area contributed by atoms with Gasteiger partial charge in [0.25, 0.3) is 0 Å². The molecule has 2 rings (SSSR count). The van der Waals surface area contributed by atoms with Crippen molar-refractivity contribution in [1.29, 1.82) is 0 Å². The highest BCUT2D eigenvalue weighted by molar-refractivity contribution is 9.09. The van der Waals surface area contributed by atoms with Crippen LogP contribution in [0.25, 0.3) is 0 Å². The van der Waals surface area contributed by atoms with E-state index in [1.807, 2.05) is 26.0 Å². The Balaban J connectivity index is 2.46. The predicted molar refractivity (Wildman–Crippen MR) is 84.6 cm³/mol. The van der Waals surface area contributed by atoms with Crippen LogP contribution in [-0.2, 0) is 0 Å². The summed E-state index contributed by atoms with van der Waals surface area (Å²) in [7, 11) is 1.46. The van der Waals surface area contributed by atoms with Gasteiger partial charge in [0.2, 0.25) is 0 Å².